The molecule has 4 aromatic heterocycles. The van der Waals surface area contributed by atoms with Crippen molar-refractivity contribution in [3.05, 3.63) is 229 Å². The van der Waals surface area contributed by atoms with Crippen LogP contribution in [-0.2, 0) is 5.41 Å². The Hall–Kier alpha value is -8.19. The number of para-hydroxylation sites is 3. The van der Waals surface area contributed by atoms with Crippen LogP contribution in [0.3, 0.4) is 0 Å². The maximum Gasteiger partial charge on any atom is 0.164 e. The molecular weight excluding hydrogens is 801 g/mol. The normalized spacial score (nSPS) is 13.1. The Labute approximate surface area is 371 Å². The van der Waals surface area contributed by atoms with Gasteiger partial charge in [-0.15, -0.1) is 11.3 Å². The Morgan fingerprint density at radius 1 is 0.422 bits per heavy atom. The summed E-state index contributed by atoms with van der Waals surface area (Å²) in [5, 5.41) is 6.90. The molecule has 298 valence electrons. The monoisotopic (exact) mass is 834 g/mol. The van der Waals surface area contributed by atoms with Crippen molar-refractivity contribution in [1.29, 1.82) is 0 Å². The highest BCUT2D eigenvalue weighted by Gasteiger charge is 2.49. The van der Waals surface area contributed by atoms with Gasteiger partial charge in [0.1, 0.15) is 16.6 Å². The van der Waals surface area contributed by atoms with E-state index >= 15 is 0 Å². The summed E-state index contributed by atoms with van der Waals surface area (Å²) in [6, 6.07) is 73.5. The number of nitrogens with zero attached hydrogens (tertiary/aromatic N) is 4. The summed E-state index contributed by atoms with van der Waals surface area (Å²) in [5.74, 6) is 1.90. The van der Waals surface area contributed by atoms with Crippen LogP contribution in [0.2, 0.25) is 0 Å². The van der Waals surface area contributed by atoms with Gasteiger partial charge in [-0.1, -0.05) is 152 Å². The summed E-state index contributed by atoms with van der Waals surface area (Å²) >= 11 is 1.80. The minimum atomic E-state index is -0.915. The highest BCUT2D eigenvalue weighted by atomic mass is 32.1. The smallest absolute Gasteiger partial charge is 0.164 e. The van der Waals surface area contributed by atoms with Gasteiger partial charge in [-0.25, -0.2) is 15.0 Å². The van der Waals surface area contributed by atoms with E-state index in [1.165, 1.54) is 25.6 Å². The molecule has 5 nitrogen and oxygen atoms in total. The number of fused-ring (bicyclic) bond motifs is 12. The highest BCUT2D eigenvalue weighted by Crippen LogP contribution is 2.56. The van der Waals surface area contributed by atoms with Gasteiger partial charge >= 0.3 is 0 Å². The van der Waals surface area contributed by atoms with Crippen molar-refractivity contribution < 1.29 is 4.42 Å². The van der Waals surface area contributed by atoms with Gasteiger partial charge in [-0.3, -0.25) is 0 Å². The molecule has 0 saturated carbocycles. The first-order valence-corrected chi connectivity index (χ1v) is 22.4. The van der Waals surface area contributed by atoms with E-state index in [1.54, 1.807) is 11.3 Å². The third-order valence-electron chi connectivity index (χ3n) is 13.3. The quantitative estimate of drug-likeness (QED) is 0.173. The lowest BCUT2D eigenvalue weighted by Gasteiger charge is -2.32. The molecule has 4 heterocycles. The molecule has 0 atom stereocenters. The Balaban J connectivity index is 1.10. The van der Waals surface area contributed by atoms with Crippen LogP contribution < -0.4 is 0 Å². The second-order valence-corrected chi connectivity index (χ2v) is 17.7. The molecule has 0 fully saturated rings. The first kappa shape index (κ1) is 35.4. The molecular formula is C58H34N4OS. The fraction of sp³-hybridized carbons (Fsp3) is 0.0172. The van der Waals surface area contributed by atoms with Crippen molar-refractivity contribution in [2.75, 3.05) is 0 Å². The van der Waals surface area contributed by atoms with Crippen LogP contribution in [-0.4, -0.2) is 19.5 Å². The van der Waals surface area contributed by atoms with Gasteiger partial charge in [0.2, 0.25) is 0 Å². The summed E-state index contributed by atoms with van der Waals surface area (Å²) in [4.78, 5) is 17.0. The second kappa shape index (κ2) is 13.4. The van der Waals surface area contributed by atoms with Gasteiger partial charge in [-0.05, 0) is 82.4 Å². The average Bonchev–Trinajstić information content (AvgIpc) is 4.11. The SMILES string of the molecule is c1cc(-c2nc(-c3cccc4sc5ccccc5c34)nc(C3(c4ccc5oc6ccccc6c5c4)c4ccccc4-c4ccccc43)n2)cc(-n2c3ccccc3c3ccccc32)c1. The van der Waals surface area contributed by atoms with E-state index in [9.17, 15) is 0 Å². The van der Waals surface area contributed by atoms with Gasteiger partial charge in [0, 0.05) is 58.5 Å². The summed E-state index contributed by atoms with van der Waals surface area (Å²) < 4.78 is 11.2. The molecule has 0 spiro atoms. The molecule has 0 bridgehead atoms. The molecule has 6 heteroatoms. The third-order valence-corrected chi connectivity index (χ3v) is 14.5. The van der Waals surface area contributed by atoms with Crippen molar-refractivity contribution in [2.45, 2.75) is 5.41 Å². The summed E-state index contributed by atoms with van der Waals surface area (Å²) in [5.41, 5.74) is 11.6. The minimum Gasteiger partial charge on any atom is -0.456 e. The Kier molecular flexibility index (Phi) is 7.42. The van der Waals surface area contributed by atoms with Gasteiger partial charge in [0.25, 0.3) is 0 Å². The number of rotatable bonds is 5. The average molecular weight is 835 g/mol. The Morgan fingerprint density at radius 3 is 1.80 bits per heavy atom. The molecule has 0 radical (unpaired) electrons. The molecule has 0 aliphatic heterocycles. The van der Waals surface area contributed by atoms with E-state index in [4.69, 9.17) is 19.4 Å². The number of benzene rings is 9. The number of thiophene rings is 1. The summed E-state index contributed by atoms with van der Waals surface area (Å²) in [6.45, 7) is 0. The first-order valence-electron chi connectivity index (χ1n) is 21.6. The van der Waals surface area contributed by atoms with Gasteiger partial charge in [0.15, 0.2) is 17.5 Å². The van der Waals surface area contributed by atoms with Gasteiger partial charge in [0.05, 0.1) is 11.0 Å². The topological polar surface area (TPSA) is 56.7 Å². The predicted molar refractivity (Wildman–Crippen MR) is 263 cm³/mol. The molecule has 0 amide bonds. The molecule has 1 aliphatic carbocycles. The van der Waals surface area contributed by atoms with Crippen LogP contribution >= 0.6 is 11.3 Å². The number of furan rings is 1. The van der Waals surface area contributed by atoms with E-state index < -0.39 is 5.41 Å². The zero-order chi connectivity index (χ0) is 41.9. The van der Waals surface area contributed by atoms with Crippen molar-refractivity contribution in [3.63, 3.8) is 0 Å². The van der Waals surface area contributed by atoms with Crippen LogP contribution in [0, 0.1) is 0 Å². The molecule has 0 unspecified atom stereocenters. The third kappa shape index (κ3) is 4.91. The first-order chi connectivity index (χ1) is 31.7. The van der Waals surface area contributed by atoms with Crippen LogP contribution in [0.25, 0.3) is 104 Å². The second-order valence-electron chi connectivity index (χ2n) is 16.7. The maximum atomic E-state index is 6.42. The van der Waals surface area contributed by atoms with Gasteiger partial charge in [-0.2, -0.15) is 0 Å². The number of hydrogen-bond donors (Lipinski definition) is 0. The fourth-order valence-electron chi connectivity index (χ4n) is 10.6. The Bertz CT molecular complexity index is 3960. The van der Waals surface area contributed by atoms with Crippen LogP contribution in [0.5, 0.6) is 0 Å². The molecule has 13 aromatic rings. The minimum absolute atomic E-state index is 0.607. The standard InChI is InChI=1S/C58H34N4OS/c1-7-24-46-38(17-1)39-18-2-8-25-47(39)58(46,36-31-32-51-45(34-36)42-21-5-11-28-50(42)63-51)57-60-55(59-56(61-57)44-23-14-30-53-54(44)43-22-6-12-29-52(43)64-53)35-15-13-16-37(33-35)62-48-26-9-3-19-40(48)41-20-4-10-27-49(41)62/h1-34H. The van der Waals surface area contributed by atoms with E-state index in [0.717, 1.165) is 83.0 Å². The van der Waals surface area contributed by atoms with Crippen LogP contribution in [0.15, 0.2) is 211 Å². The van der Waals surface area contributed by atoms with E-state index in [-0.39, 0.29) is 0 Å². The van der Waals surface area contributed by atoms with Gasteiger partial charge < -0.3 is 8.98 Å². The zero-order valence-corrected chi connectivity index (χ0v) is 35.1. The lowest BCUT2D eigenvalue weighted by Crippen LogP contribution is -2.31. The number of hydrogen-bond acceptors (Lipinski definition) is 5. The molecule has 64 heavy (non-hydrogen) atoms. The summed E-state index contributed by atoms with van der Waals surface area (Å²) in [7, 11) is 0. The summed E-state index contributed by atoms with van der Waals surface area (Å²) in [6.07, 6.45) is 0. The van der Waals surface area contributed by atoms with Crippen molar-refractivity contribution in [1.82, 2.24) is 19.5 Å². The molecule has 1 aliphatic rings. The Morgan fingerprint density at radius 2 is 1.02 bits per heavy atom. The van der Waals surface area contributed by atoms with Crippen LogP contribution in [0.1, 0.15) is 22.5 Å². The number of aromatic nitrogens is 4. The molecule has 0 saturated heterocycles. The fourth-order valence-corrected chi connectivity index (χ4v) is 11.7. The van der Waals surface area contributed by atoms with Crippen LogP contribution in [0.4, 0.5) is 0 Å². The predicted octanol–water partition coefficient (Wildman–Crippen LogP) is 14.9. The van der Waals surface area contributed by atoms with E-state index in [1.807, 2.05) is 12.1 Å². The highest BCUT2D eigenvalue weighted by molar-refractivity contribution is 7.25. The molecule has 9 aromatic carbocycles. The molecule has 0 N–H and O–H groups in total. The van der Waals surface area contributed by atoms with E-state index in [2.05, 4.69) is 199 Å². The molecule has 14 rings (SSSR count). The lowest BCUT2D eigenvalue weighted by molar-refractivity contribution is 0.666. The van der Waals surface area contributed by atoms with Crippen molar-refractivity contribution in [3.8, 4) is 39.6 Å². The van der Waals surface area contributed by atoms with E-state index in [0.29, 0.717) is 17.5 Å². The van der Waals surface area contributed by atoms with Crippen molar-refractivity contribution >= 4 is 75.3 Å². The lowest BCUT2D eigenvalue weighted by atomic mass is 9.71. The van der Waals surface area contributed by atoms with Crippen molar-refractivity contribution in [2.24, 2.45) is 0 Å². The zero-order valence-electron chi connectivity index (χ0n) is 34.2. The maximum absolute atomic E-state index is 6.42. The largest absolute Gasteiger partial charge is 0.456 e.